The van der Waals surface area contributed by atoms with E-state index in [-0.39, 0.29) is 24.5 Å². The Morgan fingerprint density at radius 1 is 1.57 bits per heavy atom. The number of carbonyl (C=O) groups is 2. The average Bonchev–Trinajstić information content (AvgIpc) is 2.10. The summed E-state index contributed by atoms with van der Waals surface area (Å²) in [6, 6.07) is 0.00350. The summed E-state index contributed by atoms with van der Waals surface area (Å²) in [4.78, 5) is 21.6. The first kappa shape index (κ1) is 12.7. The molecule has 0 aromatic carbocycles. The van der Waals surface area contributed by atoms with Crippen molar-refractivity contribution in [2.24, 2.45) is 0 Å². The number of nitrogens with one attached hydrogen (secondary N) is 1. The average molecular weight is 199 g/mol. The molecule has 0 bridgehead atoms. The maximum Gasteiger partial charge on any atom is 0.306 e. The molecule has 4 heteroatoms. The van der Waals surface area contributed by atoms with Gasteiger partial charge in [0.25, 0.3) is 0 Å². The van der Waals surface area contributed by atoms with E-state index in [1.54, 1.807) is 0 Å². The van der Waals surface area contributed by atoms with Gasteiger partial charge in [0, 0.05) is 19.4 Å². The molecule has 0 saturated heterocycles. The van der Waals surface area contributed by atoms with Gasteiger partial charge in [-0.1, -0.05) is 12.7 Å². The van der Waals surface area contributed by atoms with Crippen LogP contribution in [-0.2, 0) is 14.3 Å². The quantitative estimate of drug-likeness (QED) is 0.513. The van der Waals surface area contributed by atoms with Crippen molar-refractivity contribution in [3.63, 3.8) is 0 Å². The van der Waals surface area contributed by atoms with Crippen LogP contribution in [0.4, 0.5) is 0 Å². The van der Waals surface area contributed by atoms with E-state index >= 15 is 0 Å². The van der Waals surface area contributed by atoms with Gasteiger partial charge in [0.1, 0.15) is 6.61 Å². The molecule has 0 aromatic rings. The van der Waals surface area contributed by atoms with E-state index in [1.165, 1.54) is 13.0 Å². The van der Waals surface area contributed by atoms with Crippen LogP contribution in [0.15, 0.2) is 12.7 Å². The van der Waals surface area contributed by atoms with Crippen LogP contribution in [-0.4, -0.2) is 24.5 Å². The molecule has 0 saturated carbocycles. The minimum atomic E-state index is -0.262. The zero-order chi connectivity index (χ0) is 11.0. The van der Waals surface area contributed by atoms with Gasteiger partial charge in [-0.05, 0) is 13.3 Å². The molecule has 0 fully saturated rings. The predicted octanol–water partition coefficient (Wildman–Crippen LogP) is 1.02. The lowest BCUT2D eigenvalue weighted by Gasteiger charge is -2.11. The van der Waals surface area contributed by atoms with Crippen molar-refractivity contribution >= 4 is 11.9 Å². The highest BCUT2D eigenvalue weighted by molar-refractivity contribution is 5.73. The lowest BCUT2D eigenvalue weighted by Crippen LogP contribution is -2.30. The number of esters is 1. The molecule has 4 nitrogen and oxygen atoms in total. The molecule has 0 aliphatic rings. The number of amides is 1. The zero-order valence-electron chi connectivity index (χ0n) is 8.71. The summed E-state index contributed by atoms with van der Waals surface area (Å²) in [5.41, 5.74) is 0. The third-order valence-electron chi connectivity index (χ3n) is 1.59. The highest BCUT2D eigenvalue weighted by Gasteiger charge is 2.07. The highest BCUT2D eigenvalue weighted by atomic mass is 16.5. The minimum Gasteiger partial charge on any atom is -0.461 e. The van der Waals surface area contributed by atoms with Gasteiger partial charge < -0.3 is 10.1 Å². The first-order valence-corrected chi connectivity index (χ1v) is 4.60. The molecular formula is C10H17NO3. The number of hydrogen-bond donors (Lipinski definition) is 1. The molecule has 1 unspecified atom stereocenters. The number of rotatable bonds is 6. The maximum absolute atomic E-state index is 11.0. The van der Waals surface area contributed by atoms with Gasteiger partial charge in [0.05, 0.1) is 0 Å². The van der Waals surface area contributed by atoms with Crippen LogP contribution in [0.25, 0.3) is 0 Å². The molecule has 1 N–H and O–H groups in total. The third kappa shape index (κ3) is 7.34. The summed E-state index contributed by atoms with van der Waals surface area (Å²) in [5.74, 6) is -0.348. The third-order valence-corrected chi connectivity index (χ3v) is 1.59. The highest BCUT2D eigenvalue weighted by Crippen LogP contribution is 1.98. The topological polar surface area (TPSA) is 55.4 Å². The Balaban J connectivity index is 3.55. The molecule has 0 aliphatic heterocycles. The summed E-state index contributed by atoms with van der Waals surface area (Å²) in [7, 11) is 0. The summed E-state index contributed by atoms with van der Waals surface area (Å²) in [6.45, 7) is 6.98. The van der Waals surface area contributed by atoms with Gasteiger partial charge >= 0.3 is 5.97 Å². The van der Waals surface area contributed by atoms with E-state index < -0.39 is 0 Å². The van der Waals surface area contributed by atoms with Crippen LogP contribution < -0.4 is 5.32 Å². The van der Waals surface area contributed by atoms with Crippen molar-refractivity contribution in [1.29, 1.82) is 0 Å². The monoisotopic (exact) mass is 199 g/mol. The lowest BCUT2D eigenvalue weighted by molar-refractivity contribution is -0.142. The SMILES string of the molecule is C=CCOC(=O)CCC(C)NC(C)=O. The maximum atomic E-state index is 11.0. The van der Waals surface area contributed by atoms with Crippen molar-refractivity contribution < 1.29 is 14.3 Å². The molecule has 80 valence electrons. The van der Waals surface area contributed by atoms with Gasteiger partial charge in [-0.3, -0.25) is 9.59 Å². The fraction of sp³-hybridized carbons (Fsp3) is 0.600. The van der Waals surface area contributed by atoms with E-state index in [0.717, 1.165) is 0 Å². The Kier molecular flexibility index (Phi) is 6.45. The molecule has 0 spiro atoms. The normalized spacial score (nSPS) is 11.6. The Morgan fingerprint density at radius 3 is 2.71 bits per heavy atom. The molecule has 0 aromatic heterocycles. The molecule has 14 heavy (non-hydrogen) atoms. The number of hydrogen-bond acceptors (Lipinski definition) is 3. The van der Waals surface area contributed by atoms with Crippen LogP contribution in [0.1, 0.15) is 26.7 Å². The van der Waals surface area contributed by atoms with E-state index in [9.17, 15) is 9.59 Å². The van der Waals surface area contributed by atoms with Crippen molar-refractivity contribution in [3.8, 4) is 0 Å². The van der Waals surface area contributed by atoms with Crippen LogP contribution in [0.2, 0.25) is 0 Å². The first-order valence-electron chi connectivity index (χ1n) is 4.60. The molecule has 1 atom stereocenters. The van der Waals surface area contributed by atoms with Gasteiger partial charge in [-0.2, -0.15) is 0 Å². The Bertz CT molecular complexity index is 213. The van der Waals surface area contributed by atoms with Gasteiger partial charge in [-0.25, -0.2) is 0 Å². The zero-order valence-corrected chi connectivity index (χ0v) is 8.71. The first-order chi connectivity index (χ1) is 6.56. The second-order valence-corrected chi connectivity index (χ2v) is 3.11. The lowest BCUT2D eigenvalue weighted by atomic mass is 10.2. The smallest absolute Gasteiger partial charge is 0.306 e. The van der Waals surface area contributed by atoms with Crippen molar-refractivity contribution in [1.82, 2.24) is 5.32 Å². The van der Waals surface area contributed by atoms with Crippen LogP contribution in [0.3, 0.4) is 0 Å². The Hall–Kier alpha value is -1.32. The standard InChI is InChI=1S/C10H17NO3/c1-4-7-14-10(13)6-5-8(2)11-9(3)12/h4,8H,1,5-7H2,2-3H3,(H,11,12). The molecule has 0 radical (unpaired) electrons. The summed E-state index contributed by atoms with van der Waals surface area (Å²) < 4.78 is 4.78. The Morgan fingerprint density at radius 2 is 2.21 bits per heavy atom. The molecular weight excluding hydrogens is 182 g/mol. The van der Waals surface area contributed by atoms with Crippen LogP contribution in [0.5, 0.6) is 0 Å². The van der Waals surface area contributed by atoms with Crippen molar-refractivity contribution in [2.45, 2.75) is 32.7 Å². The predicted molar refractivity (Wildman–Crippen MR) is 53.7 cm³/mol. The molecule has 0 aliphatic carbocycles. The van der Waals surface area contributed by atoms with Crippen molar-refractivity contribution in [2.75, 3.05) is 6.61 Å². The van der Waals surface area contributed by atoms with Gasteiger partial charge in [-0.15, -0.1) is 0 Å². The fourth-order valence-corrected chi connectivity index (χ4v) is 0.978. The second-order valence-electron chi connectivity index (χ2n) is 3.11. The number of carbonyl (C=O) groups excluding carboxylic acids is 2. The summed E-state index contributed by atoms with van der Waals surface area (Å²) >= 11 is 0. The van der Waals surface area contributed by atoms with E-state index in [2.05, 4.69) is 11.9 Å². The van der Waals surface area contributed by atoms with Crippen molar-refractivity contribution in [3.05, 3.63) is 12.7 Å². The molecule has 1 amide bonds. The molecule has 0 heterocycles. The molecule has 0 rings (SSSR count). The largest absolute Gasteiger partial charge is 0.461 e. The van der Waals surface area contributed by atoms with Gasteiger partial charge in [0.2, 0.25) is 5.91 Å². The summed E-state index contributed by atoms with van der Waals surface area (Å²) in [5, 5.41) is 2.69. The van der Waals surface area contributed by atoms with E-state index in [4.69, 9.17) is 4.74 Å². The van der Waals surface area contributed by atoms with Crippen LogP contribution in [0, 0.1) is 0 Å². The second kappa shape index (κ2) is 7.12. The van der Waals surface area contributed by atoms with E-state index in [0.29, 0.717) is 12.8 Å². The van der Waals surface area contributed by atoms with Crippen LogP contribution >= 0.6 is 0 Å². The Labute approximate surface area is 84.3 Å². The summed E-state index contributed by atoms with van der Waals surface area (Å²) in [6.07, 6.45) is 2.43. The fourth-order valence-electron chi connectivity index (χ4n) is 0.978. The minimum absolute atomic E-state index is 0.00350. The van der Waals surface area contributed by atoms with Gasteiger partial charge in [0.15, 0.2) is 0 Å². The number of ether oxygens (including phenoxy) is 1. The van der Waals surface area contributed by atoms with E-state index in [1.807, 2.05) is 6.92 Å².